The first-order valence-corrected chi connectivity index (χ1v) is 5.75. The smallest absolute Gasteiger partial charge is 0.352 e. The van der Waals surface area contributed by atoms with Crippen LogP contribution in [0.4, 0.5) is 4.39 Å². The predicted octanol–water partition coefficient (Wildman–Crippen LogP) is 2.69. The SMILES string of the molecule is COc1cccc(Cn2ccc(C)c2C(=O)O)c1F. The van der Waals surface area contributed by atoms with E-state index in [2.05, 4.69) is 0 Å². The third kappa shape index (κ3) is 2.45. The van der Waals surface area contributed by atoms with Crippen LogP contribution in [0.15, 0.2) is 30.5 Å². The Labute approximate surface area is 110 Å². The van der Waals surface area contributed by atoms with Crippen molar-refractivity contribution in [1.29, 1.82) is 0 Å². The maximum atomic E-state index is 14.0. The van der Waals surface area contributed by atoms with E-state index < -0.39 is 11.8 Å². The molecule has 100 valence electrons. The number of aryl methyl sites for hydroxylation is 1. The zero-order valence-corrected chi connectivity index (χ0v) is 10.7. The number of halogens is 1. The first kappa shape index (κ1) is 13.1. The summed E-state index contributed by atoms with van der Waals surface area (Å²) >= 11 is 0. The van der Waals surface area contributed by atoms with E-state index in [1.54, 1.807) is 31.3 Å². The second kappa shape index (κ2) is 5.14. The minimum absolute atomic E-state index is 0.151. The first-order valence-electron chi connectivity index (χ1n) is 5.75. The molecule has 0 spiro atoms. The number of rotatable bonds is 4. The number of methoxy groups -OCH3 is 1. The number of carboxylic acids is 1. The molecule has 0 atom stereocenters. The number of aromatic nitrogens is 1. The Bertz CT molecular complexity index is 619. The Hall–Kier alpha value is -2.30. The van der Waals surface area contributed by atoms with Crippen molar-refractivity contribution < 1.29 is 19.0 Å². The number of benzene rings is 1. The van der Waals surface area contributed by atoms with Crippen molar-refractivity contribution in [2.24, 2.45) is 0 Å². The van der Waals surface area contributed by atoms with Gasteiger partial charge in [0.2, 0.25) is 0 Å². The molecular formula is C14H14FNO3. The van der Waals surface area contributed by atoms with Gasteiger partial charge in [0.05, 0.1) is 13.7 Å². The lowest BCUT2D eigenvalue weighted by atomic mass is 10.2. The molecule has 1 aromatic carbocycles. The van der Waals surface area contributed by atoms with Crippen LogP contribution in [-0.4, -0.2) is 22.8 Å². The van der Waals surface area contributed by atoms with E-state index in [0.717, 1.165) is 0 Å². The van der Waals surface area contributed by atoms with Gasteiger partial charge in [0.25, 0.3) is 0 Å². The average molecular weight is 263 g/mol. The molecule has 0 bridgehead atoms. The molecule has 2 aromatic rings. The third-order valence-electron chi connectivity index (χ3n) is 2.97. The Morgan fingerprint density at radius 2 is 2.16 bits per heavy atom. The summed E-state index contributed by atoms with van der Waals surface area (Å²) in [7, 11) is 1.39. The topological polar surface area (TPSA) is 51.5 Å². The maximum Gasteiger partial charge on any atom is 0.352 e. The predicted molar refractivity (Wildman–Crippen MR) is 68.2 cm³/mol. The molecule has 0 aliphatic rings. The standard InChI is InChI=1S/C14H14FNO3/c1-9-6-7-16(13(9)14(17)18)8-10-4-3-5-11(19-2)12(10)15/h3-7H,8H2,1-2H3,(H,17,18). The number of carbonyl (C=O) groups is 1. The summed E-state index contributed by atoms with van der Waals surface area (Å²) in [5.74, 6) is -1.34. The lowest BCUT2D eigenvalue weighted by molar-refractivity contribution is 0.0685. The van der Waals surface area contributed by atoms with Gasteiger partial charge in [-0.1, -0.05) is 12.1 Å². The quantitative estimate of drug-likeness (QED) is 0.922. The largest absolute Gasteiger partial charge is 0.494 e. The van der Waals surface area contributed by atoms with Gasteiger partial charge in [0, 0.05) is 11.8 Å². The third-order valence-corrected chi connectivity index (χ3v) is 2.97. The normalized spacial score (nSPS) is 10.5. The number of ether oxygens (including phenoxy) is 1. The van der Waals surface area contributed by atoms with E-state index in [1.165, 1.54) is 17.7 Å². The summed E-state index contributed by atoms with van der Waals surface area (Å²) in [5.41, 5.74) is 1.20. The van der Waals surface area contributed by atoms with Crippen LogP contribution >= 0.6 is 0 Å². The average Bonchev–Trinajstić information content (AvgIpc) is 2.73. The van der Waals surface area contributed by atoms with Crippen LogP contribution in [0.5, 0.6) is 5.75 Å². The molecule has 0 saturated heterocycles. The Balaban J connectivity index is 2.40. The minimum atomic E-state index is -1.02. The highest BCUT2D eigenvalue weighted by Gasteiger charge is 2.15. The molecule has 0 saturated carbocycles. The number of nitrogens with zero attached hydrogens (tertiary/aromatic N) is 1. The Morgan fingerprint density at radius 1 is 1.42 bits per heavy atom. The molecule has 0 aliphatic carbocycles. The van der Waals surface area contributed by atoms with Crippen molar-refractivity contribution in [1.82, 2.24) is 4.57 Å². The molecule has 1 heterocycles. The van der Waals surface area contributed by atoms with Crippen LogP contribution in [0.2, 0.25) is 0 Å². The fourth-order valence-electron chi connectivity index (χ4n) is 2.02. The molecule has 0 unspecified atom stereocenters. The van der Waals surface area contributed by atoms with Gasteiger partial charge in [-0.2, -0.15) is 0 Å². The highest BCUT2D eigenvalue weighted by atomic mass is 19.1. The van der Waals surface area contributed by atoms with E-state index in [4.69, 9.17) is 9.84 Å². The van der Waals surface area contributed by atoms with Crippen molar-refractivity contribution in [3.8, 4) is 5.75 Å². The van der Waals surface area contributed by atoms with Gasteiger partial charge >= 0.3 is 5.97 Å². The van der Waals surface area contributed by atoms with Crippen molar-refractivity contribution in [3.63, 3.8) is 0 Å². The van der Waals surface area contributed by atoms with Crippen LogP contribution < -0.4 is 4.74 Å². The number of hydrogen-bond acceptors (Lipinski definition) is 2. The van der Waals surface area contributed by atoms with E-state index >= 15 is 0 Å². The van der Waals surface area contributed by atoms with Crippen molar-refractivity contribution in [2.45, 2.75) is 13.5 Å². The van der Waals surface area contributed by atoms with Gasteiger partial charge in [-0.25, -0.2) is 9.18 Å². The van der Waals surface area contributed by atoms with Gasteiger partial charge in [0.1, 0.15) is 5.69 Å². The Morgan fingerprint density at radius 3 is 2.79 bits per heavy atom. The van der Waals surface area contributed by atoms with Crippen molar-refractivity contribution in [2.75, 3.05) is 7.11 Å². The summed E-state index contributed by atoms with van der Waals surface area (Å²) < 4.78 is 20.4. The minimum Gasteiger partial charge on any atom is -0.494 e. The van der Waals surface area contributed by atoms with Gasteiger partial charge in [-0.05, 0) is 24.6 Å². The molecular weight excluding hydrogens is 249 g/mol. The van der Waals surface area contributed by atoms with Crippen LogP contribution in [0.25, 0.3) is 0 Å². The fourth-order valence-corrected chi connectivity index (χ4v) is 2.02. The highest BCUT2D eigenvalue weighted by molar-refractivity contribution is 5.87. The van der Waals surface area contributed by atoms with E-state index in [0.29, 0.717) is 11.1 Å². The maximum absolute atomic E-state index is 14.0. The Kier molecular flexibility index (Phi) is 3.55. The molecule has 1 N–H and O–H groups in total. The van der Waals surface area contributed by atoms with Gasteiger partial charge in [0.15, 0.2) is 11.6 Å². The molecule has 0 aliphatic heterocycles. The number of aromatic carboxylic acids is 1. The zero-order chi connectivity index (χ0) is 14.0. The lowest BCUT2D eigenvalue weighted by Gasteiger charge is -2.10. The summed E-state index contributed by atoms with van der Waals surface area (Å²) in [6.07, 6.45) is 1.64. The van der Waals surface area contributed by atoms with Gasteiger partial charge < -0.3 is 14.4 Å². The van der Waals surface area contributed by atoms with Crippen LogP contribution in [0.3, 0.4) is 0 Å². The zero-order valence-electron chi connectivity index (χ0n) is 10.7. The van der Waals surface area contributed by atoms with E-state index in [9.17, 15) is 9.18 Å². The molecule has 4 nitrogen and oxygen atoms in total. The van der Waals surface area contributed by atoms with Crippen LogP contribution in [-0.2, 0) is 6.54 Å². The van der Waals surface area contributed by atoms with Crippen LogP contribution in [0.1, 0.15) is 21.6 Å². The number of hydrogen-bond donors (Lipinski definition) is 1. The molecule has 0 amide bonds. The molecule has 5 heteroatoms. The number of carboxylic acid groups (broad SMARTS) is 1. The van der Waals surface area contributed by atoms with E-state index in [-0.39, 0.29) is 18.0 Å². The summed E-state index contributed by atoms with van der Waals surface area (Å²) in [6, 6.07) is 6.51. The van der Waals surface area contributed by atoms with Crippen LogP contribution in [0, 0.1) is 12.7 Å². The first-order chi connectivity index (χ1) is 9.04. The van der Waals surface area contributed by atoms with Crippen molar-refractivity contribution in [3.05, 3.63) is 53.1 Å². The van der Waals surface area contributed by atoms with Crippen molar-refractivity contribution >= 4 is 5.97 Å². The fraction of sp³-hybridized carbons (Fsp3) is 0.214. The second-order valence-electron chi connectivity index (χ2n) is 4.21. The van der Waals surface area contributed by atoms with Gasteiger partial charge in [-0.3, -0.25) is 0 Å². The summed E-state index contributed by atoms with van der Waals surface area (Å²) in [6.45, 7) is 1.86. The summed E-state index contributed by atoms with van der Waals surface area (Å²) in [5, 5.41) is 9.14. The second-order valence-corrected chi connectivity index (χ2v) is 4.21. The summed E-state index contributed by atoms with van der Waals surface area (Å²) in [4.78, 5) is 11.2. The molecule has 2 rings (SSSR count). The molecule has 19 heavy (non-hydrogen) atoms. The highest BCUT2D eigenvalue weighted by Crippen LogP contribution is 2.22. The van der Waals surface area contributed by atoms with E-state index in [1.807, 2.05) is 0 Å². The monoisotopic (exact) mass is 263 g/mol. The van der Waals surface area contributed by atoms with Gasteiger partial charge in [-0.15, -0.1) is 0 Å². The molecule has 0 radical (unpaired) electrons. The molecule has 1 aromatic heterocycles. The lowest BCUT2D eigenvalue weighted by Crippen LogP contribution is -2.11. The molecule has 0 fully saturated rings.